The maximum atomic E-state index is 13.4. The molecule has 0 atom stereocenters. The molecule has 2 rings (SSSR count). The number of hydrogen-bond acceptors (Lipinski definition) is 3. The first-order valence-electron chi connectivity index (χ1n) is 6.14. The zero-order chi connectivity index (χ0) is 13.8. The second kappa shape index (κ2) is 5.97. The van der Waals surface area contributed by atoms with Gasteiger partial charge in [0.25, 0.3) is 0 Å². The van der Waals surface area contributed by atoms with Gasteiger partial charge in [0.1, 0.15) is 17.5 Å². The van der Waals surface area contributed by atoms with E-state index in [-0.39, 0.29) is 5.82 Å². The minimum absolute atomic E-state index is 0.356. The molecule has 100 valence electrons. The molecule has 0 aliphatic heterocycles. The summed E-state index contributed by atoms with van der Waals surface area (Å²) in [5.74, 6) is 1.00. The highest BCUT2D eigenvalue weighted by Crippen LogP contribution is 2.24. The van der Waals surface area contributed by atoms with Crippen molar-refractivity contribution in [3.05, 3.63) is 40.9 Å². The van der Waals surface area contributed by atoms with Crippen molar-refractivity contribution in [3.8, 4) is 11.3 Å². The molecule has 0 spiro atoms. The Morgan fingerprint density at radius 1 is 1.21 bits per heavy atom. The summed E-state index contributed by atoms with van der Waals surface area (Å²) in [7, 11) is 0. The predicted molar refractivity (Wildman–Crippen MR) is 76.0 cm³/mol. The fraction of sp³-hybridized carbons (Fsp3) is 0.286. The number of aromatic nitrogens is 2. The highest BCUT2D eigenvalue weighted by atomic mass is 35.5. The van der Waals surface area contributed by atoms with Crippen LogP contribution < -0.4 is 5.32 Å². The van der Waals surface area contributed by atoms with Gasteiger partial charge >= 0.3 is 0 Å². The van der Waals surface area contributed by atoms with Crippen LogP contribution >= 0.6 is 11.6 Å². The Balaban J connectivity index is 2.40. The van der Waals surface area contributed by atoms with E-state index in [9.17, 15) is 4.39 Å². The zero-order valence-corrected chi connectivity index (χ0v) is 11.6. The van der Waals surface area contributed by atoms with Crippen LogP contribution in [0, 0.1) is 12.7 Å². The van der Waals surface area contributed by atoms with Crippen molar-refractivity contribution in [1.29, 1.82) is 0 Å². The Kier molecular flexibility index (Phi) is 4.32. The van der Waals surface area contributed by atoms with Crippen molar-refractivity contribution >= 4 is 17.4 Å². The highest BCUT2D eigenvalue weighted by molar-refractivity contribution is 6.30. The van der Waals surface area contributed by atoms with Gasteiger partial charge in [-0.1, -0.05) is 18.5 Å². The van der Waals surface area contributed by atoms with Gasteiger partial charge in [-0.3, -0.25) is 0 Å². The van der Waals surface area contributed by atoms with Crippen LogP contribution in [0.4, 0.5) is 10.2 Å². The Labute approximate surface area is 116 Å². The van der Waals surface area contributed by atoms with Gasteiger partial charge in [0.05, 0.1) is 5.69 Å². The Bertz CT molecular complexity index is 567. The minimum Gasteiger partial charge on any atom is -0.370 e. The molecular weight excluding hydrogens is 265 g/mol. The lowest BCUT2D eigenvalue weighted by Crippen LogP contribution is -2.04. The quantitative estimate of drug-likeness (QED) is 0.917. The standard InChI is InChI=1S/C14H15ClFN3/c1-3-4-17-14-8-13(18-9(2)19-14)10-5-11(15)7-12(16)6-10/h5-8H,3-4H2,1-2H3,(H,17,18,19). The van der Waals surface area contributed by atoms with Crippen molar-refractivity contribution < 1.29 is 4.39 Å². The van der Waals surface area contributed by atoms with Gasteiger partial charge in [-0.25, -0.2) is 14.4 Å². The van der Waals surface area contributed by atoms with Crippen LogP contribution in [0.25, 0.3) is 11.3 Å². The summed E-state index contributed by atoms with van der Waals surface area (Å²) in [6, 6.07) is 6.18. The van der Waals surface area contributed by atoms with E-state index in [1.54, 1.807) is 12.1 Å². The fourth-order valence-electron chi connectivity index (χ4n) is 1.76. The largest absolute Gasteiger partial charge is 0.370 e. The van der Waals surface area contributed by atoms with E-state index in [0.29, 0.717) is 22.1 Å². The predicted octanol–water partition coefficient (Wildman–Crippen LogP) is 4.07. The average molecular weight is 280 g/mol. The summed E-state index contributed by atoms with van der Waals surface area (Å²) < 4.78 is 13.4. The third-order valence-corrected chi connectivity index (χ3v) is 2.77. The van der Waals surface area contributed by atoms with Crippen molar-refractivity contribution in [2.75, 3.05) is 11.9 Å². The van der Waals surface area contributed by atoms with Crippen LogP contribution in [0.15, 0.2) is 24.3 Å². The van der Waals surface area contributed by atoms with Crippen LogP contribution in [0.5, 0.6) is 0 Å². The Morgan fingerprint density at radius 3 is 2.68 bits per heavy atom. The zero-order valence-electron chi connectivity index (χ0n) is 10.9. The molecule has 1 aromatic heterocycles. The van der Waals surface area contributed by atoms with E-state index in [1.165, 1.54) is 12.1 Å². The van der Waals surface area contributed by atoms with Gasteiger partial charge < -0.3 is 5.32 Å². The van der Waals surface area contributed by atoms with E-state index in [2.05, 4.69) is 22.2 Å². The number of aryl methyl sites for hydroxylation is 1. The molecule has 0 radical (unpaired) electrons. The normalized spacial score (nSPS) is 10.5. The summed E-state index contributed by atoms with van der Waals surface area (Å²) in [6.45, 7) is 4.72. The van der Waals surface area contributed by atoms with E-state index in [1.807, 2.05) is 6.92 Å². The first kappa shape index (κ1) is 13.7. The van der Waals surface area contributed by atoms with Crippen LogP contribution in [0.1, 0.15) is 19.2 Å². The SMILES string of the molecule is CCCNc1cc(-c2cc(F)cc(Cl)c2)nc(C)n1. The highest BCUT2D eigenvalue weighted by Gasteiger charge is 2.07. The van der Waals surface area contributed by atoms with Crippen molar-refractivity contribution in [3.63, 3.8) is 0 Å². The van der Waals surface area contributed by atoms with E-state index >= 15 is 0 Å². The summed E-state index contributed by atoms with van der Waals surface area (Å²) >= 11 is 5.86. The number of nitrogens with zero attached hydrogens (tertiary/aromatic N) is 2. The second-order valence-electron chi connectivity index (χ2n) is 4.27. The molecule has 1 aromatic carbocycles. The monoisotopic (exact) mass is 279 g/mol. The number of rotatable bonds is 4. The molecule has 1 N–H and O–H groups in total. The van der Waals surface area contributed by atoms with Crippen molar-refractivity contribution in [2.45, 2.75) is 20.3 Å². The molecule has 0 saturated heterocycles. The molecular formula is C14H15ClFN3. The smallest absolute Gasteiger partial charge is 0.130 e. The van der Waals surface area contributed by atoms with E-state index in [0.717, 1.165) is 18.8 Å². The van der Waals surface area contributed by atoms with Crippen molar-refractivity contribution in [1.82, 2.24) is 9.97 Å². The van der Waals surface area contributed by atoms with Gasteiger partial charge in [-0.05, 0) is 31.5 Å². The Hall–Kier alpha value is -1.68. The first-order chi connectivity index (χ1) is 9.08. The Morgan fingerprint density at radius 2 is 2.00 bits per heavy atom. The van der Waals surface area contributed by atoms with Gasteiger partial charge in [0, 0.05) is 23.2 Å². The lowest BCUT2D eigenvalue weighted by atomic mass is 10.1. The third-order valence-electron chi connectivity index (χ3n) is 2.55. The third kappa shape index (κ3) is 3.64. The lowest BCUT2D eigenvalue weighted by molar-refractivity contribution is 0.628. The van der Waals surface area contributed by atoms with Crippen molar-refractivity contribution in [2.24, 2.45) is 0 Å². The summed E-state index contributed by atoms with van der Waals surface area (Å²) in [6.07, 6.45) is 1.00. The van der Waals surface area contributed by atoms with E-state index < -0.39 is 0 Å². The van der Waals surface area contributed by atoms with Gasteiger partial charge in [0.15, 0.2) is 0 Å². The number of hydrogen-bond donors (Lipinski definition) is 1. The number of benzene rings is 1. The minimum atomic E-state index is -0.373. The molecule has 0 saturated carbocycles. The first-order valence-corrected chi connectivity index (χ1v) is 6.52. The molecule has 0 bridgehead atoms. The molecule has 0 amide bonds. The molecule has 0 unspecified atom stereocenters. The fourth-order valence-corrected chi connectivity index (χ4v) is 1.98. The molecule has 2 aromatic rings. The number of nitrogens with one attached hydrogen (secondary N) is 1. The maximum Gasteiger partial charge on any atom is 0.130 e. The maximum absolute atomic E-state index is 13.4. The molecule has 0 aliphatic rings. The lowest BCUT2D eigenvalue weighted by Gasteiger charge is -2.08. The van der Waals surface area contributed by atoms with Crippen LogP contribution in [-0.4, -0.2) is 16.5 Å². The second-order valence-corrected chi connectivity index (χ2v) is 4.71. The van der Waals surface area contributed by atoms with Crippen LogP contribution in [-0.2, 0) is 0 Å². The molecule has 3 nitrogen and oxygen atoms in total. The topological polar surface area (TPSA) is 37.8 Å². The van der Waals surface area contributed by atoms with Gasteiger partial charge in [0.2, 0.25) is 0 Å². The number of anilines is 1. The number of halogens is 2. The summed E-state index contributed by atoms with van der Waals surface area (Å²) in [5.41, 5.74) is 1.31. The molecule has 0 aliphatic carbocycles. The molecule has 5 heteroatoms. The average Bonchev–Trinajstić information content (AvgIpc) is 2.34. The van der Waals surface area contributed by atoms with E-state index in [4.69, 9.17) is 11.6 Å². The van der Waals surface area contributed by atoms with Gasteiger partial charge in [-0.15, -0.1) is 0 Å². The van der Waals surface area contributed by atoms with Gasteiger partial charge in [-0.2, -0.15) is 0 Å². The molecule has 19 heavy (non-hydrogen) atoms. The molecule has 1 heterocycles. The summed E-state index contributed by atoms with van der Waals surface area (Å²) in [4.78, 5) is 8.61. The molecule has 0 fully saturated rings. The van der Waals surface area contributed by atoms with Crippen LogP contribution in [0.3, 0.4) is 0 Å². The summed E-state index contributed by atoms with van der Waals surface area (Å²) in [5, 5.41) is 3.55. The van der Waals surface area contributed by atoms with Crippen LogP contribution in [0.2, 0.25) is 5.02 Å².